The Morgan fingerprint density at radius 1 is 1.35 bits per heavy atom. The Hall–Kier alpha value is -2.13. The first-order chi connectivity index (χ1) is 12.3. The van der Waals surface area contributed by atoms with E-state index in [9.17, 15) is 19.5 Å². The smallest absolute Gasteiger partial charge is 0.357 e. The molecule has 0 aliphatic carbocycles. The number of ether oxygens (including phenoxy) is 2. The van der Waals surface area contributed by atoms with Gasteiger partial charge in [-0.15, -0.1) is 0 Å². The number of thiol groups is 1. The van der Waals surface area contributed by atoms with Crippen molar-refractivity contribution in [2.45, 2.75) is 26.4 Å². The maximum absolute atomic E-state index is 12.4. The SMILES string of the molecule is CC(C)(CO)[C@@H](OC(=O)c1ccccn1)C(=O)NCCC(=O)OCCS. The largest absolute Gasteiger partial charge is 0.465 e. The molecule has 0 fully saturated rings. The lowest BCUT2D eigenvalue weighted by Gasteiger charge is -2.30. The van der Waals surface area contributed by atoms with Gasteiger partial charge in [0.05, 0.1) is 13.0 Å². The zero-order valence-electron chi connectivity index (χ0n) is 14.8. The summed E-state index contributed by atoms with van der Waals surface area (Å²) in [7, 11) is 0. The predicted molar refractivity (Wildman–Crippen MR) is 96.7 cm³/mol. The predicted octanol–water partition coefficient (Wildman–Crippen LogP) is 0.605. The third-order valence-electron chi connectivity index (χ3n) is 3.44. The second kappa shape index (κ2) is 10.8. The summed E-state index contributed by atoms with van der Waals surface area (Å²) < 4.78 is 10.1. The molecule has 1 amide bonds. The van der Waals surface area contributed by atoms with Gasteiger partial charge in [0.2, 0.25) is 0 Å². The second-order valence-electron chi connectivity index (χ2n) is 6.13. The maximum Gasteiger partial charge on any atom is 0.357 e. The van der Waals surface area contributed by atoms with Crippen LogP contribution in [0.15, 0.2) is 24.4 Å². The molecule has 0 aliphatic rings. The van der Waals surface area contributed by atoms with Gasteiger partial charge in [0.25, 0.3) is 5.91 Å². The molecule has 9 heteroatoms. The van der Waals surface area contributed by atoms with Gasteiger partial charge < -0.3 is 19.9 Å². The summed E-state index contributed by atoms with van der Waals surface area (Å²) in [6.07, 6.45) is 0.148. The molecule has 0 radical (unpaired) electrons. The van der Waals surface area contributed by atoms with Gasteiger partial charge in [0.1, 0.15) is 12.3 Å². The van der Waals surface area contributed by atoms with Crippen molar-refractivity contribution >= 4 is 30.5 Å². The second-order valence-corrected chi connectivity index (χ2v) is 6.58. The lowest BCUT2D eigenvalue weighted by atomic mass is 9.86. The number of aliphatic hydroxyl groups excluding tert-OH is 1. The number of rotatable bonds is 10. The number of pyridine rings is 1. The van der Waals surface area contributed by atoms with Crippen LogP contribution in [0.1, 0.15) is 30.8 Å². The number of hydrogen-bond donors (Lipinski definition) is 3. The van der Waals surface area contributed by atoms with E-state index in [0.29, 0.717) is 5.75 Å². The summed E-state index contributed by atoms with van der Waals surface area (Å²) in [6.45, 7) is 3.00. The van der Waals surface area contributed by atoms with Crippen LogP contribution in [0, 0.1) is 5.41 Å². The molecule has 1 atom stereocenters. The molecule has 1 heterocycles. The molecule has 2 N–H and O–H groups in total. The number of amides is 1. The van der Waals surface area contributed by atoms with Crippen molar-refractivity contribution in [2.75, 3.05) is 25.5 Å². The van der Waals surface area contributed by atoms with E-state index in [1.54, 1.807) is 26.0 Å². The van der Waals surface area contributed by atoms with E-state index in [-0.39, 0.29) is 31.9 Å². The fourth-order valence-electron chi connectivity index (χ4n) is 1.91. The van der Waals surface area contributed by atoms with E-state index in [2.05, 4.69) is 22.9 Å². The van der Waals surface area contributed by atoms with Crippen LogP contribution >= 0.6 is 12.6 Å². The van der Waals surface area contributed by atoms with Gasteiger partial charge in [-0.1, -0.05) is 19.9 Å². The van der Waals surface area contributed by atoms with Gasteiger partial charge in [-0.3, -0.25) is 9.59 Å². The Kier molecular flexibility index (Phi) is 9.08. The topological polar surface area (TPSA) is 115 Å². The molecular formula is C17H24N2O6S. The highest BCUT2D eigenvalue weighted by Crippen LogP contribution is 2.24. The Bertz CT molecular complexity index is 609. The van der Waals surface area contributed by atoms with Crippen LogP contribution in [0.4, 0.5) is 0 Å². The number of carbonyl (C=O) groups excluding carboxylic acids is 3. The maximum atomic E-state index is 12.4. The summed E-state index contributed by atoms with van der Waals surface area (Å²) in [5.74, 6) is -1.45. The molecule has 26 heavy (non-hydrogen) atoms. The first-order valence-corrected chi connectivity index (χ1v) is 8.72. The van der Waals surface area contributed by atoms with Crippen molar-refractivity contribution < 1.29 is 29.0 Å². The third-order valence-corrected chi connectivity index (χ3v) is 3.62. The fraction of sp³-hybridized carbons (Fsp3) is 0.529. The highest BCUT2D eigenvalue weighted by atomic mass is 32.1. The third kappa shape index (κ3) is 7.01. The van der Waals surface area contributed by atoms with Gasteiger partial charge >= 0.3 is 11.9 Å². The zero-order valence-corrected chi connectivity index (χ0v) is 15.7. The lowest BCUT2D eigenvalue weighted by molar-refractivity contribution is -0.143. The molecule has 0 saturated heterocycles. The standard InChI is InChI=1S/C17H24N2O6S/c1-17(2,11-20)14(25-16(23)12-5-3-4-7-18-12)15(22)19-8-6-13(21)24-9-10-26/h3-5,7,14,20,26H,6,8-11H2,1-2H3,(H,19,22)/t14-/m0/s1. The minimum Gasteiger partial charge on any atom is -0.465 e. The van der Waals surface area contributed by atoms with Crippen molar-refractivity contribution in [2.24, 2.45) is 5.41 Å². The molecular weight excluding hydrogens is 360 g/mol. The van der Waals surface area contributed by atoms with E-state index < -0.39 is 29.4 Å². The van der Waals surface area contributed by atoms with Crippen molar-refractivity contribution in [1.29, 1.82) is 0 Å². The number of aromatic nitrogens is 1. The van der Waals surface area contributed by atoms with Crippen LogP contribution in [0.3, 0.4) is 0 Å². The number of hydrogen-bond acceptors (Lipinski definition) is 8. The molecule has 1 aromatic heterocycles. The molecule has 8 nitrogen and oxygen atoms in total. The molecule has 144 valence electrons. The van der Waals surface area contributed by atoms with Gasteiger partial charge in [0.15, 0.2) is 6.10 Å². The minimum absolute atomic E-state index is 0.0172. The van der Waals surface area contributed by atoms with Crippen molar-refractivity contribution in [3.05, 3.63) is 30.1 Å². The number of aliphatic hydroxyl groups is 1. The molecule has 0 saturated carbocycles. The molecule has 0 aromatic carbocycles. The Balaban J connectivity index is 2.70. The molecule has 0 unspecified atom stereocenters. The van der Waals surface area contributed by atoms with Crippen LogP contribution in [0.5, 0.6) is 0 Å². The minimum atomic E-state index is -1.25. The lowest BCUT2D eigenvalue weighted by Crippen LogP contribution is -2.48. The van der Waals surface area contributed by atoms with Gasteiger partial charge in [-0.2, -0.15) is 12.6 Å². The van der Waals surface area contributed by atoms with Gasteiger partial charge in [0, 0.05) is 23.9 Å². The summed E-state index contributed by atoms with van der Waals surface area (Å²) in [4.78, 5) is 39.9. The number of carbonyl (C=O) groups is 3. The van der Waals surface area contributed by atoms with E-state index in [1.807, 2.05) is 0 Å². The first kappa shape index (κ1) is 21.9. The summed E-state index contributed by atoms with van der Waals surface area (Å²) >= 11 is 3.93. The van der Waals surface area contributed by atoms with Gasteiger partial charge in [-0.05, 0) is 12.1 Å². The average Bonchev–Trinajstić information content (AvgIpc) is 2.64. The number of esters is 2. The number of nitrogens with one attached hydrogen (secondary N) is 1. The summed E-state index contributed by atoms with van der Waals surface area (Å²) in [5, 5.41) is 12.1. The fourth-order valence-corrected chi connectivity index (χ4v) is 2.01. The van der Waals surface area contributed by atoms with Crippen LogP contribution in [-0.4, -0.2) is 59.6 Å². The molecule has 0 spiro atoms. The molecule has 1 rings (SSSR count). The summed E-state index contributed by atoms with van der Waals surface area (Å²) in [5.41, 5.74) is -0.976. The van der Waals surface area contributed by atoms with Crippen molar-refractivity contribution in [1.82, 2.24) is 10.3 Å². The Labute approximate surface area is 157 Å². The van der Waals surface area contributed by atoms with E-state index in [0.717, 1.165) is 0 Å². The monoisotopic (exact) mass is 384 g/mol. The Morgan fingerprint density at radius 3 is 2.65 bits per heavy atom. The molecule has 1 aromatic rings. The quantitative estimate of drug-likeness (QED) is 0.400. The van der Waals surface area contributed by atoms with Crippen molar-refractivity contribution in [3.8, 4) is 0 Å². The highest BCUT2D eigenvalue weighted by molar-refractivity contribution is 7.80. The highest BCUT2D eigenvalue weighted by Gasteiger charge is 2.38. The molecule has 0 aliphatic heterocycles. The normalized spacial score (nSPS) is 12.2. The average molecular weight is 384 g/mol. The molecule has 0 bridgehead atoms. The first-order valence-electron chi connectivity index (χ1n) is 8.09. The van der Waals surface area contributed by atoms with E-state index in [1.165, 1.54) is 12.3 Å². The van der Waals surface area contributed by atoms with Crippen LogP contribution in [-0.2, 0) is 19.1 Å². The van der Waals surface area contributed by atoms with Crippen LogP contribution in [0.2, 0.25) is 0 Å². The summed E-state index contributed by atoms with van der Waals surface area (Å²) in [6, 6.07) is 4.72. The van der Waals surface area contributed by atoms with Crippen LogP contribution < -0.4 is 5.32 Å². The van der Waals surface area contributed by atoms with E-state index >= 15 is 0 Å². The number of nitrogens with zero attached hydrogens (tertiary/aromatic N) is 1. The zero-order chi connectivity index (χ0) is 19.6. The van der Waals surface area contributed by atoms with Crippen molar-refractivity contribution in [3.63, 3.8) is 0 Å². The van der Waals surface area contributed by atoms with Crippen LogP contribution in [0.25, 0.3) is 0 Å². The van der Waals surface area contributed by atoms with E-state index in [4.69, 9.17) is 9.47 Å². The van der Waals surface area contributed by atoms with Gasteiger partial charge in [-0.25, -0.2) is 9.78 Å². The Morgan fingerprint density at radius 2 is 2.08 bits per heavy atom.